The third-order valence-electron chi connectivity index (χ3n) is 2.60. The highest BCUT2D eigenvalue weighted by Gasteiger charge is 2.39. The van der Waals surface area contributed by atoms with Crippen LogP contribution in [0.1, 0.15) is 19.8 Å². The van der Waals surface area contributed by atoms with Crippen molar-refractivity contribution in [2.45, 2.75) is 31.9 Å². The third kappa shape index (κ3) is 1.58. The van der Waals surface area contributed by atoms with E-state index in [1.807, 2.05) is 0 Å². The molecule has 0 saturated carbocycles. The molecule has 4 nitrogen and oxygen atoms in total. The van der Waals surface area contributed by atoms with E-state index in [1.54, 1.807) is 0 Å². The molecule has 0 spiro atoms. The molecule has 0 radical (unpaired) electrons. The van der Waals surface area contributed by atoms with Crippen LogP contribution in [0.15, 0.2) is 0 Å². The number of carbonyl (C=O) groups is 2. The van der Waals surface area contributed by atoms with Crippen LogP contribution in [0.5, 0.6) is 0 Å². The fourth-order valence-corrected chi connectivity index (χ4v) is 1.93. The molecule has 2 aliphatic rings. The van der Waals surface area contributed by atoms with Crippen LogP contribution in [0.4, 0.5) is 0 Å². The molecule has 2 heterocycles. The number of ketones is 1. The van der Waals surface area contributed by atoms with E-state index in [2.05, 4.69) is 12.2 Å². The van der Waals surface area contributed by atoms with E-state index in [0.717, 1.165) is 6.42 Å². The van der Waals surface area contributed by atoms with Crippen molar-refractivity contribution in [3.63, 3.8) is 0 Å². The standard InChI is InChI=1S/C9H13NO3/c1-5-2-7(13-4-5)9-6(11)3-8(12)10-9/h5,7,9H,2-4H2,1H3,(H,10,12). The molecule has 4 heteroatoms. The van der Waals surface area contributed by atoms with Crippen LogP contribution in [0.25, 0.3) is 0 Å². The Balaban J connectivity index is 2.01. The summed E-state index contributed by atoms with van der Waals surface area (Å²) in [5.74, 6) is 0.303. The number of ether oxygens (including phenoxy) is 1. The Morgan fingerprint density at radius 1 is 1.46 bits per heavy atom. The highest BCUT2D eigenvalue weighted by molar-refractivity contribution is 6.07. The van der Waals surface area contributed by atoms with Crippen LogP contribution in [-0.4, -0.2) is 30.4 Å². The average molecular weight is 183 g/mol. The molecule has 0 aromatic heterocycles. The molecule has 2 rings (SSSR count). The van der Waals surface area contributed by atoms with Crippen molar-refractivity contribution in [1.29, 1.82) is 0 Å². The van der Waals surface area contributed by atoms with Crippen molar-refractivity contribution >= 4 is 11.7 Å². The smallest absolute Gasteiger partial charge is 0.228 e. The highest BCUT2D eigenvalue weighted by Crippen LogP contribution is 2.23. The van der Waals surface area contributed by atoms with Crippen LogP contribution in [0, 0.1) is 5.92 Å². The molecule has 2 saturated heterocycles. The summed E-state index contributed by atoms with van der Waals surface area (Å²) in [4.78, 5) is 22.2. The molecule has 0 bridgehead atoms. The predicted molar refractivity (Wildman–Crippen MR) is 45.1 cm³/mol. The molecule has 72 valence electrons. The summed E-state index contributed by atoms with van der Waals surface area (Å²) >= 11 is 0. The van der Waals surface area contributed by atoms with Gasteiger partial charge in [-0.1, -0.05) is 6.92 Å². The second-order valence-electron chi connectivity index (χ2n) is 3.90. The van der Waals surface area contributed by atoms with Gasteiger partial charge in [0.15, 0.2) is 5.78 Å². The number of amides is 1. The maximum absolute atomic E-state index is 11.3. The number of rotatable bonds is 1. The van der Waals surface area contributed by atoms with Gasteiger partial charge in [-0.3, -0.25) is 9.59 Å². The minimum atomic E-state index is -0.377. The first-order valence-electron chi connectivity index (χ1n) is 4.60. The Kier molecular flexibility index (Phi) is 2.07. The topological polar surface area (TPSA) is 55.4 Å². The molecular formula is C9H13NO3. The van der Waals surface area contributed by atoms with E-state index in [4.69, 9.17) is 4.74 Å². The number of Topliss-reactive ketones (excluding diaryl/α,β-unsaturated/α-hetero) is 1. The molecule has 3 unspecified atom stereocenters. The van der Waals surface area contributed by atoms with Crippen LogP contribution < -0.4 is 5.32 Å². The lowest BCUT2D eigenvalue weighted by molar-refractivity contribution is -0.122. The molecule has 3 atom stereocenters. The molecular weight excluding hydrogens is 170 g/mol. The average Bonchev–Trinajstić information content (AvgIpc) is 2.58. The van der Waals surface area contributed by atoms with E-state index in [0.29, 0.717) is 12.5 Å². The van der Waals surface area contributed by atoms with E-state index >= 15 is 0 Å². The quantitative estimate of drug-likeness (QED) is 0.576. The fraction of sp³-hybridized carbons (Fsp3) is 0.778. The van der Waals surface area contributed by atoms with Gasteiger partial charge in [-0.05, 0) is 12.3 Å². The van der Waals surface area contributed by atoms with E-state index in [1.165, 1.54) is 0 Å². The lowest BCUT2D eigenvalue weighted by atomic mass is 10.0. The molecule has 0 aliphatic carbocycles. The van der Waals surface area contributed by atoms with Crippen molar-refractivity contribution in [2.24, 2.45) is 5.92 Å². The summed E-state index contributed by atoms with van der Waals surface area (Å²) in [5.41, 5.74) is 0. The molecule has 13 heavy (non-hydrogen) atoms. The minimum Gasteiger partial charge on any atom is -0.375 e. The number of carbonyl (C=O) groups excluding carboxylic acids is 2. The summed E-state index contributed by atoms with van der Waals surface area (Å²) < 4.78 is 5.43. The molecule has 2 fully saturated rings. The summed E-state index contributed by atoms with van der Waals surface area (Å²) in [6.07, 6.45) is 0.809. The highest BCUT2D eigenvalue weighted by atomic mass is 16.5. The van der Waals surface area contributed by atoms with Gasteiger partial charge in [0.2, 0.25) is 5.91 Å². The first-order chi connectivity index (χ1) is 6.16. The maximum atomic E-state index is 11.3. The Morgan fingerprint density at radius 2 is 2.23 bits per heavy atom. The number of hydrogen-bond donors (Lipinski definition) is 1. The second-order valence-corrected chi connectivity index (χ2v) is 3.90. The zero-order valence-electron chi connectivity index (χ0n) is 7.58. The van der Waals surface area contributed by atoms with Gasteiger partial charge in [-0.2, -0.15) is 0 Å². The minimum absolute atomic E-state index is 0.0240. The second kappa shape index (κ2) is 3.10. The summed E-state index contributed by atoms with van der Waals surface area (Å²) in [6, 6.07) is -0.377. The monoisotopic (exact) mass is 183 g/mol. The van der Waals surface area contributed by atoms with Gasteiger partial charge < -0.3 is 10.1 Å². The fourth-order valence-electron chi connectivity index (χ4n) is 1.93. The van der Waals surface area contributed by atoms with Crippen LogP contribution in [0.3, 0.4) is 0 Å². The van der Waals surface area contributed by atoms with Gasteiger partial charge in [-0.25, -0.2) is 0 Å². The Labute approximate surface area is 76.6 Å². The van der Waals surface area contributed by atoms with Crippen molar-refractivity contribution in [2.75, 3.05) is 6.61 Å². The zero-order chi connectivity index (χ0) is 9.42. The van der Waals surface area contributed by atoms with Crippen molar-refractivity contribution in [1.82, 2.24) is 5.32 Å². The van der Waals surface area contributed by atoms with Gasteiger partial charge in [-0.15, -0.1) is 0 Å². The lowest BCUT2D eigenvalue weighted by Gasteiger charge is -2.15. The molecule has 2 aliphatic heterocycles. The Morgan fingerprint density at radius 3 is 2.69 bits per heavy atom. The summed E-state index contributed by atoms with van der Waals surface area (Å²) in [7, 11) is 0. The number of nitrogens with one attached hydrogen (secondary N) is 1. The summed E-state index contributed by atoms with van der Waals surface area (Å²) in [5, 5.41) is 2.65. The maximum Gasteiger partial charge on any atom is 0.228 e. The van der Waals surface area contributed by atoms with Gasteiger partial charge in [0, 0.05) is 6.61 Å². The van der Waals surface area contributed by atoms with Crippen LogP contribution >= 0.6 is 0 Å². The van der Waals surface area contributed by atoms with Crippen molar-refractivity contribution < 1.29 is 14.3 Å². The van der Waals surface area contributed by atoms with Crippen molar-refractivity contribution in [3.8, 4) is 0 Å². The molecule has 0 aromatic rings. The predicted octanol–water partition coefficient (Wildman–Crippen LogP) is -0.131. The SMILES string of the molecule is CC1COC(C2NC(=O)CC2=O)C1. The van der Waals surface area contributed by atoms with Crippen LogP contribution in [0.2, 0.25) is 0 Å². The van der Waals surface area contributed by atoms with Crippen molar-refractivity contribution in [3.05, 3.63) is 0 Å². The molecule has 0 aromatic carbocycles. The van der Waals surface area contributed by atoms with Gasteiger partial charge >= 0.3 is 0 Å². The lowest BCUT2D eigenvalue weighted by Crippen LogP contribution is -2.40. The molecule has 1 amide bonds. The normalized spacial score (nSPS) is 39.6. The Hall–Kier alpha value is -0.900. The Bertz CT molecular complexity index is 251. The third-order valence-corrected chi connectivity index (χ3v) is 2.60. The summed E-state index contributed by atoms with van der Waals surface area (Å²) in [6.45, 7) is 2.78. The van der Waals surface area contributed by atoms with E-state index in [9.17, 15) is 9.59 Å². The van der Waals surface area contributed by atoms with Gasteiger partial charge in [0.05, 0.1) is 12.5 Å². The van der Waals surface area contributed by atoms with E-state index in [-0.39, 0.29) is 30.3 Å². The number of hydrogen-bond acceptors (Lipinski definition) is 3. The first-order valence-corrected chi connectivity index (χ1v) is 4.60. The van der Waals surface area contributed by atoms with Gasteiger partial charge in [0.1, 0.15) is 6.04 Å². The van der Waals surface area contributed by atoms with Gasteiger partial charge in [0.25, 0.3) is 0 Å². The van der Waals surface area contributed by atoms with E-state index < -0.39 is 0 Å². The molecule has 1 N–H and O–H groups in total. The zero-order valence-corrected chi connectivity index (χ0v) is 7.58. The van der Waals surface area contributed by atoms with Crippen LogP contribution in [-0.2, 0) is 14.3 Å². The first kappa shape index (κ1) is 8.69. The largest absolute Gasteiger partial charge is 0.375 e.